The third-order valence-corrected chi connectivity index (χ3v) is 4.05. The van der Waals surface area contributed by atoms with Gasteiger partial charge in [0.1, 0.15) is 0 Å². The van der Waals surface area contributed by atoms with Crippen LogP contribution in [0.4, 0.5) is 10.8 Å². The van der Waals surface area contributed by atoms with Gasteiger partial charge in [0.15, 0.2) is 5.13 Å². The number of aromatic nitrogens is 1. The normalized spacial score (nSPS) is 14.2. The maximum Gasteiger partial charge on any atom is 0.269 e. The number of carbonyl (C=O) groups is 1. The zero-order valence-electron chi connectivity index (χ0n) is 11.6. The number of anilines is 1. The van der Waals surface area contributed by atoms with E-state index in [4.69, 9.17) is 0 Å². The van der Waals surface area contributed by atoms with Crippen LogP contribution < -0.4 is 5.32 Å². The van der Waals surface area contributed by atoms with Crippen LogP contribution in [0.5, 0.6) is 0 Å². The molecule has 0 saturated heterocycles. The van der Waals surface area contributed by atoms with Crippen LogP contribution in [0.2, 0.25) is 0 Å². The van der Waals surface area contributed by atoms with Crippen molar-refractivity contribution in [3.63, 3.8) is 0 Å². The highest BCUT2D eigenvalue weighted by molar-refractivity contribution is 7.14. The van der Waals surface area contributed by atoms with E-state index >= 15 is 0 Å². The highest BCUT2D eigenvalue weighted by Gasteiger charge is 2.26. The molecule has 1 heterocycles. The molecule has 1 aliphatic rings. The highest BCUT2D eigenvalue weighted by Crippen LogP contribution is 2.40. The number of carbonyl (C=O) groups excluding carboxylic acids is 1. The minimum Gasteiger partial charge on any atom is -0.298 e. The Hall–Kier alpha value is -2.54. The number of rotatable bonds is 5. The van der Waals surface area contributed by atoms with Crippen LogP contribution in [-0.4, -0.2) is 15.8 Å². The third kappa shape index (κ3) is 3.56. The molecule has 1 fully saturated rings. The summed E-state index contributed by atoms with van der Waals surface area (Å²) in [6.07, 6.45) is 5.35. The number of nitrogens with zero attached hydrogens (tertiary/aromatic N) is 2. The standard InChI is InChI=1S/C15H13N3O3S/c19-14(17-15-16-13(9-22-15)11-4-5-11)8-3-10-1-6-12(7-2-10)18(20)21/h1-3,6-9,11H,4-5H2,(H,16,17,19)/b8-3+. The van der Waals surface area contributed by atoms with E-state index < -0.39 is 4.92 Å². The molecule has 7 heteroatoms. The molecule has 0 aliphatic heterocycles. The third-order valence-electron chi connectivity index (χ3n) is 3.28. The number of benzene rings is 1. The maximum absolute atomic E-state index is 11.8. The van der Waals surface area contributed by atoms with Gasteiger partial charge in [0.25, 0.3) is 5.69 Å². The first-order chi connectivity index (χ1) is 10.6. The van der Waals surface area contributed by atoms with E-state index in [0.29, 0.717) is 11.0 Å². The molecule has 112 valence electrons. The Morgan fingerprint density at radius 1 is 1.36 bits per heavy atom. The highest BCUT2D eigenvalue weighted by atomic mass is 32.1. The number of nitrogens with one attached hydrogen (secondary N) is 1. The first-order valence-corrected chi connectivity index (χ1v) is 7.69. The summed E-state index contributed by atoms with van der Waals surface area (Å²) < 4.78 is 0. The van der Waals surface area contributed by atoms with Crippen molar-refractivity contribution in [2.24, 2.45) is 0 Å². The fourth-order valence-electron chi connectivity index (χ4n) is 1.94. The largest absolute Gasteiger partial charge is 0.298 e. The van der Waals surface area contributed by atoms with Gasteiger partial charge in [-0.15, -0.1) is 11.3 Å². The first-order valence-electron chi connectivity index (χ1n) is 6.81. The Balaban J connectivity index is 1.58. The topological polar surface area (TPSA) is 85.1 Å². The van der Waals surface area contributed by atoms with Crippen molar-refractivity contribution in [1.82, 2.24) is 4.98 Å². The molecule has 1 saturated carbocycles. The number of hydrogen-bond donors (Lipinski definition) is 1. The predicted octanol–water partition coefficient (Wildman–Crippen LogP) is 3.58. The maximum atomic E-state index is 11.8. The summed E-state index contributed by atoms with van der Waals surface area (Å²) in [5.41, 5.74) is 1.80. The molecule has 1 N–H and O–H groups in total. The minimum absolute atomic E-state index is 0.0250. The van der Waals surface area contributed by atoms with Crippen molar-refractivity contribution >= 4 is 34.1 Å². The van der Waals surface area contributed by atoms with E-state index in [1.165, 1.54) is 42.4 Å². The van der Waals surface area contributed by atoms with Crippen LogP contribution in [0.25, 0.3) is 6.08 Å². The average molecular weight is 315 g/mol. The molecule has 6 nitrogen and oxygen atoms in total. The zero-order chi connectivity index (χ0) is 15.5. The number of nitro groups is 1. The first kappa shape index (κ1) is 14.4. The van der Waals surface area contributed by atoms with E-state index in [9.17, 15) is 14.9 Å². The Morgan fingerprint density at radius 2 is 2.09 bits per heavy atom. The van der Waals surface area contributed by atoms with Crippen molar-refractivity contribution in [3.8, 4) is 0 Å². The lowest BCUT2D eigenvalue weighted by Gasteiger charge is -1.96. The molecule has 22 heavy (non-hydrogen) atoms. The van der Waals surface area contributed by atoms with E-state index in [1.54, 1.807) is 18.2 Å². The van der Waals surface area contributed by atoms with Gasteiger partial charge in [-0.1, -0.05) is 0 Å². The minimum atomic E-state index is -0.458. The lowest BCUT2D eigenvalue weighted by atomic mass is 10.2. The van der Waals surface area contributed by atoms with Crippen LogP contribution >= 0.6 is 11.3 Å². The molecule has 0 radical (unpaired) electrons. The van der Waals surface area contributed by atoms with Crippen LogP contribution in [0.3, 0.4) is 0 Å². The average Bonchev–Trinajstić information content (AvgIpc) is 3.26. The van der Waals surface area contributed by atoms with Gasteiger partial charge in [-0.2, -0.15) is 0 Å². The molecule has 1 aromatic carbocycles. The summed E-state index contributed by atoms with van der Waals surface area (Å²) in [6.45, 7) is 0. The molecule has 0 atom stereocenters. The fourth-order valence-corrected chi connectivity index (χ4v) is 2.73. The molecular weight excluding hydrogens is 302 g/mol. The summed E-state index contributed by atoms with van der Waals surface area (Å²) in [7, 11) is 0. The number of hydrogen-bond acceptors (Lipinski definition) is 5. The zero-order valence-corrected chi connectivity index (χ0v) is 12.4. The van der Waals surface area contributed by atoms with Crippen LogP contribution in [0, 0.1) is 10.1 Å². The second-order valence-corrected chi connectivity index (χ2v) is 5.88. The SMILES string of the molecule is O=C(/C=C/c1ccc([N+](=O)[O-])cc1)Nc1nc(C2CC2)cs1. The Labute approximate surface area is 130 Å². The van der Waals surface area contributed by atoms with Gasteiger partial charge in [0.05, 0.1) is 10.6 Å². The van der Waals surface area contributed by atoms with E-state index in [-0.39, 0.29) is 11.6 Å². The number of non-ortho nitro benzene ring substituents is 1. The van der Waals surface area contributed by atoms with Crippen molar-refractivity contribution in [1.29, 1.82) is 0 Å². The van der Waals surface area contributed by atoms with Crippen molar-refractivity contribution in [2.45, 2.75) is 18.8 Å². The molecule has 1 aliphatic carbocycles. The molecule has 0 bridgehead atoms. The molecule has 1 aromatic heterocycles. The molecule has 1 amide bonds. The van der Waals surface area contributed by atoms with Gasteiger partial charge in [-0.3, -0.25) is 20.2 Å². The van der Waals surface area contributed by atoms with E-state index in [1.807, 2.05) is 5.38 Å². The monoisotopic (exact) mass is 315 g/mol. The van der Waals surface area contributed by atoms with Gasteiger partial charge in [0, 0.05) is 29.5 Å². The van der Waals surface area contributed by atoms with E-state index in [0.717, 1.165) is 11.3 Å². The second kappa shape index (κ2) is 6.07. The summed E-state index contributed by atoms with van der Waals surface area (Å²) in [6, 6.07) is 5.99. The summed E-state index contributed by atoms with van der Waals surface area (Å²) in [5, 5.41) is 15.8. The molecule has 0 unspecified atom stereocenters. The van der Waals surface area contributed by atoms with Gasteiger partial charge in [0.2, 0.25) is 5.91 Å². The Morgan fingerprint density at radius 3 is 2.73 bits per heavy atom. The molecule has 2 aromatic rings. The Kier molecular flexibility index (Phi) is 3.97. The van der Waals surface area contributed by atoms with Gasteiger partial charge < -0.3 is 0 Å². The smallest absolute Gasteiger partial charge is 0.269 e. The summed E-state index contributed by atoms with van der Waals surface area (Å²) >= 11 is 1.42. The predicted molar refractivity (Wildman–Crippen MR) is 84.8 cm³/mol. The second-order valence-electron chi connectivity index (χ2n) is 5.02. The fraction of sp³-hybridized carbons (Fsp3) is 0.200. The van der Waals surface area contributed by atoms with Crippen LogP contribution in [0.15, 0.2) is 35.7 Å². The lowest BCUT2D eigenvalue weighted by Crippen LogP contribution is -2.07. The van der Waals surface area contributed by atoms with Crippen molar-refractivity contribution in [3.05, 3.63) is 57.1 Å². The summed E-state index contributed by atoms with van der Waals surface area (Å²) in [4.78, 5) is 26.3. The molecule has 0 spiro atoms. The van der Waals surface area contributed by atoms with E-state index in [2.05, 4.69) is 10.3 Å². The molecular formula is C15H13N3O3S. The van der Waals surface area contributed by atoms with Crippen molar-refractivity contribution in [2.75, 3.05) is 5.32 Å². The quantitative estimate of drug-likeness (QED) is 0.519. The van der Waals surface area contributed by atoms with Crippen LogP contribution in [0.1, 0.15) is 30.0 Å². The van der Waals surface area contributed by atoms with Crippen molar-refractivity contribution < 1.29 is 9.72 Å². The number of nitro benzene ring substituents is 1. The van der Waals surface area contributed by atoms with Gasteiger partial charge in [-0.25, -0.2) is 4.98 Å². The lowest BCUT2D eigenvalue weighted by molar-refractivity contribution is -0.384. The van der Waals surface area contributed by atoms with Gasteiger partial charge in [-0.05, 0) is 36.6 Å². The Bertz CT molecular complexity index is 733. The molecule has 3 rings (SSSR count). The number of amides is 1. The van der Waals surface area contributed by atoms with Crippen LogP contribution in [-0.2, 0) is 4.79 Å². The van der Waals surface area contributed by atoms with Gasteiger partial charge >= 0.3 is 0 Å². The summed E-state index contributed by atoms with van der Waals surface area (Å²) in [5.74, 6) is 0.299. The number of thiazole rings is 1.